The number of nitrogens with zero attached hydrogens (tertiary/aromatic N) is 1. The lowest BCUT2D eigenvalue weighted by Crippen LogP contribution is -2.36. The third-order valence-electron chi connectivity index (χ3n) is 3.71. The van der Waals surface area contributed by atoms with Crippen molar-refractivity contribution in [2.24, 2.45) is 4.99 Å². The lowest BCUT2D eigenvalue weighted by atomic mass is 10.1. The van der Waals surface area contributed by atoms with Crippen molar-refractivity contribution in [1.29, 1.82) is 0 Å². The molecule has 7 heteroatoms. The van der Waals surface area contributed by atoms with Gasteiger partial charge in [-0.15, -0.1) is 24.0 Å². The Hall–Kier alpha value is -1.61. The molecule has 0 atom stereocenters. The van der Waals surface area contributed by atoms with Gasteiger partial charge in [0.1, 0.15) is 0 Å². The van der Waals surface area contributed by atoms with Gasteiger partial charge < -0.3 is 10.6 Å². The second-order valence-corrected chi connectivity index (χ2v) is 7.89. The summed E-state index contributed by atoms with van der Waals surface area (Å²) in [5.74, 6) is 0.733. The number of hydrogen-bond donors (Lipinski definition) is 2. The number of nitrogens with one attached hydrogen (secondary N) is 2. The van der Waals surface area contributed by atoms with Crippen LogP contribution >= 0.6 is 24.0 Å². The smallest absolute Gasteiger partial charge is 0.191 e. The van der Waals surface area contributed by atoms with Gasteiger partial charge in [-0.05, 0) is 36.6 Å². The van der Waals surface area contributed by atoms with E-state index in [-0.39, 0.29) is 24.0 Å². The summed E-state index contributed by atoms with van der Waals surface area (Å²) in [5.41, 5.74) is 2.90. The van der Waals surface area contributed by atoms with Crippen LogP contribution in [-0.2, 0) is 22.9 Å². The molecule has 2 aromatic carbocycles. The van der Waals surface area contributed by atoms with Gasteiger partial charge in [0, 0.05) is 19.3 Å². The van der Waals surface area contributed by atoms with E-state index in [1.165, 1.54) is 11.8 Å². The van der Waals surface area contributed by atoms with Crippen molar-refractivity contribution in [2.75, 3.05) is 12.8 Å². The second kappa shape index (κ2) is 10.5. The summed E-state index contributed by atoms with van der Waals surface area (Å²) < 4.78 is 23.4. The van der Waals surface area contributed by atoms with Crippen LogP contribution in [0.5, 0.6) is 0 Å². The van der Waals surface area contributed by atoms with Gasteiger partial charge in [0.15, 0.2) is 15.8 Å². The van der Waals surface area contributed by atoms with Crippen LogP contribution in [0.15, 0.2) is 58.4 Å². The number of halogens is 1. The van der Waals surface area contributed by atoms with Crippen LogP contribution in [0.1, 0.15) is 23.6 Å². The molecule has 0 heterocycles. The lowest BCUT2D eigenvalue weighted by Gasteiger charge is -2.12. The average Bonchev–Trinajstić information content (AvgIpc) is 2.57. The van der Waals surface area contributed by atoms with Gasteiger partial charge in [0.25, 0.3) is 0 Å². The van der Waals surface area contributed by atoms with Gasteiger partial charge in [0.2, 0.25) is 0 Å². The molecule has 0 saturated heterocycles. The number of rotatable bonds is 6. The molecule has 0 unspecified atom stereocenters. The van der Waals surface area contributed by atoms with Gasteiger partial charge in [-0.25, -0.2) is 13.4 Å². The fourth-order valence-corrected chi connectivity index (χ4v) is 3.48. The summed E-state index contributed by atoms with van der Waals surface area (Å²) >= 11 is 0. The molecule has 0 aromatic heterocycles. The minimum Gasteiger partial charge on any atom is -0.357 e. The van der Waals surface area contributed by atoms with Crippen LogP contribution in [0.3, 0.4) is 0 Å². The van der Waals surface area contributed by atoms with Crippen LogP contribution in [0.2, 0.25) is 0 Å². The summed E-state index contributed by atoms with van der Waals surface area (Å²) in [6.45, 7) is 5.77. The van der Waals surface area contributed by atoms with Crippen molar-refractivity contribution in [3.05, 3.63) is 65.2 Å². The minimum atomic E-state index is -3.19. The first-order valence-electron chi connectivity index (χ1n) is 8.26. The van der Waals surface area contributed by atoms with Gasteiger partial charge in [-0.1, -0.05) is 42.5 Å². The Labute approximate surface area is 173 Å². The predicted octanol–water partition coefficient (Wildman–Crippen LogP) is 3.27. The normalized spacial score (nSPS) is 11.6. The second-order valence-electron chi connectivity index (χ2n) is 5.91. The quantitative estimate of drug-likeness (QED) is 0.373. The van der Waals surface area contributed by atoms with Gasteiger partial charge in [-0.2, -0.15) is 0 Å². The number of benzene rings is 2. The average molecular weight is 487 g/mol. The molecule has 2 rings (SSSR count). The fourth-order valence-electron chi connectivity index (χ4n) is 2.52. The highest BCUT2D eigenvalue weighted by Crippen LogP contribution is 2.17. The monoisotopic (exact) mass is 487 g/mol. The Morgan fingerprint density at radius 3 is 2.31 bits per heavy atom. The number of aryl methyl sites for hydroxylation is 1. The predicted molar refractivity (Wildman–Crippen MR) is 118 cm³/mol. The van der Waals surface area contributed by atoms with Crippen LogP contribution < -0.4 is 10.6 Å². The van der Waals surface area contributed by atoms with E-state index in [0.717, 1.165) is 23.6 Å². The first-order valence-corrected chi connectivity index (χ1v) is 10.1. The molecule has 0 spiro atoms. The van der Waals surface area contributed by atoms with E-state index in [1.54, 1.807) is 6.07 Å². The molecule has 142 valence electrons. The van der Waals surface area contributed by atoms with E-state index in [9.17, 15) is 8.42 Å². The Bertz CT molecular complexity index is 837. The molecule has 5 nitrogen and oxygen atoms in total. The molecule has 0 aliphatic heterocycles. The number of sulfone groups is 1. The number of aliphatic imine (C=N–C) groups is 1. The summed E-state index contributed by atoms with van der Waals surface area (Å²) in [4.78, 5) is 4.95. The van der Waals surface area contributed by atoms with Crippen molar-refractivity contribution < 1.29 is 8.42 Å². The van der Waals surface area contributed by atoms with E-state index >= 15 is 0 Å². The zero-order valence-electron chi connectivity index (χ0n) is 15.3. The van der Waals surface area contributed by atoms with Gasteiger partial charge >= 0.3 is 0 Å². The van der Waals surface area contributed by atoms with Crippen molar-refractivity contribution >= 4 is 39.8 Å². The van der Waals surface area contributed by atoms with E-state index in [1.807, 2.05) is 44.2 Å². The SMILES string of the molecule is CCNC(=NCc1ccc(S(C)(=O)=O)c(C)c1)NCc1ccccc1.I. The largest absolute Gasteiger partial charge is 0.357 e. The molecular formula is C19H26IN3O2S. The molecule has 0 amide bonds. The topological polar surface area (TPSA) is 70.6 Å². The lowest BCUT2D eigenvalue weighted by molar-refractivity contribution is 0.601. The molecule has 2 aromatic rings. The summed E-state index contributed by atoms with van der Waals surface area (Å²) in [7, 11) is -3.19. The van der Waals surface area contributed by atoms with E-state index in [0.29, 0.717) is 18.0 Å². The Morgan fingerprint density at radius 2 is 1.73 bits per heavy atom. The maximum absolute atomic E-state index is 11.7. The molecule has 0 aliphatic carbocycles. The van der Waals surface area contributed by atoms with Gasteiger partial charge in [-0.3, -0.25) is 0 Å². The molecule has 26 heavy (non-hydrogen) atoms. The maximum atomic E-state index is 11.7. The fraction of sp³-hybridized carbons (Fsp3) is 0.316. The molecular weight excluding hydrogens is 461 g/mol. The zero-order valence-corrected chi connectivity index (χ0v) is 18.5. The zero-order chi connectivity index (χ0) is 18.3. The highest BCUT2D eigenvalue weighted by atomic mass is 127. The van der Waals surface area contributed by atoms with Crippen LogP contribution in [-0.4, -0.2) is 27.2 Å². The van der Waals surface area contributed by atoms with Crippen LogP contribution in [0.4, 0.5) is 0 Å². The first kappa shape index (κ1) is 22.4. The molecule has 0 aliphatic rings. The highest BCUT2D eigenvalue weighted by Gasteiger charge is 2.10. The molecule has 0 saturated carbocycles. The number of hydrogen-bond acceptors (Lipinski definition) is 3. The Balaban J connectivity index is 0.00000338. The summed E-state index contributed by atoms with van der Waals surface area (Å²) in [6, 6.07) is 15.5. The summed E-state index contributed by atoms with van der Waals surface area (Å²) in [6.07, 6.45) is 1.23. The van der Waals surface area contributed by atoms with Crippen molar-refractivity contribution in [3.63, 3.8) is 0 Å². The highest BCUT2D eigenvalue weighted by molar-refractivity contribution is 14.0. The Kier molecular flexibility index (Phi) is 9.07. The van der Waals surface area contributed by atoms with Crippen molar-refractivity contribution in [1.82, 2.24) is 10.6 Å². The van der Waals surface area contributed by atoms with Crippen molar-refractivity contribution in [3.8, 4) is 0 Å². The van der Waals surface area contributed by atoms with E-state index in [2.05, 4.69) is 27.8 Å². The van der Waals surface area contributed by atoms with Crippen LogP contribution in [0.25, 0.3) is 0 Å². The van der Waals surface area contributed by atoms with Crippen LogP contribution in [0, 0.1) is 6.92 Å². The number of guanidine groups is 1. The molecule has 0 fully saturated rings. The first-order chi connectivity index (χ1) is 11.9. The summed E-state index contributed by atoms with van der Waals surface area (Å²) in [5, 5.41) is 6.52. The van der Waals surface area contributed by atoms with E-state index in [4.69, 9.17) is 0 Å². The van der Waals surface area contributed by atoms with Gasteiger partial charge in [0.05, 0.1) is 11.4 Å². The maximum Gasteiger partial charge on any atom is 0.191 e. The Morgan fingerprint density at radius 1 is 1.04 bits per heavy atom. The van der Waals surface area contributed by atoms with Crippen molar-refractivity contribution in [2.45, 2.75) is 31.8 Å². The standard InChI is InChI=1S/C19H25N3O2S.HI/c1-4-20-19(21-13-16-8-6-5-7-9-16)22-14-17-10-11-18(15(2)12-17)25(3,23)24;/h5-12H,4,13-14H2,1-3H3,(H2,20,21,22);1H. The third-order valence-corrected chi connectivity index (χ3v) is 4.96. The van der Waals surface area contributed by atoms with E-state index < -0.39 is 9.84 Å². The minimum absolute atomic E-state index is 0. The molecule has 0 bridgehead atoms. The third kappa shape index (κ3) is 6.95. The molecule has 2 N–H and O–H groups in total. The molecule has 0 radical (unpaired) electrons.